The van der Waals surface area contributed by atoms with Crippen LogP contribution in [0, 0.1) is 0 Å². The molecule has 0 atom stereocenters. The number of rotatable bonds is 1. The maximum Gasteiger partial charge on any atom is 0.115 e. The van der Waals surface area contributed by atoms with E-state index in [0.717, 1.165) is 0 Å². The van der Waals surface area contributed by atoms with Crippen LogP contribution in [0.5, 0.6) is 5.75 Å². The molecule has 0 aliphatic heterocycles. The van der Waals surface area contributed by atoms with E-state index in [-0.39, 0.29) is 0 Å². The van der Waals surface area contributed by atoms with Crippen LogP contribution in [0.25, 0.3) is 11.1 Å². The van der Waals surface area contributed by atoms with Gasteiger partial charge in [-0.1, -0.05) is 30.3 Å². The normalized spacial score (nSPS) is 14.4. The fraction of sp³-hybridized carbons (Fsp3) is 0.250. The van der Waals surface area contributed by atoms with Crippen LogP contribution in [0.4, 0.5) is 0 Å². The molecular formula is C16H16O. The molecule has 1 nitrogen and oxygen atoms in total. The first-order chi connectivity index (χ1) is 8.34. The maximum atomic E-state index is 9.34. The van der Waals surface area contributed by atoms with Crippen molar-refractivity contribution in [3.63, 3.8) is 0 Å². The Morgan fingerprint density at radius 1 is 0.824 bits per heavy atom. The van der Waals surface area contributed by atoms with E-state index in [1.807, 2.05) is 12.1 Å². The fourth-order valence-corrected chi connectivity index (χ4v) is 2.69. The summed E-state index contributed by atoms with van der Waals surface area (Å²) in [7, 11) is 0. The number of phenols is 1. The monoisotopic (exact) mass is 224 g/mol. The Kier molecular flexibility index (Phi) is 2.60. The SMILES string of the molecule is Oc1ccc(-c2cccc3c2CCCC3)cc1. The molecule has 1 heteroatoms. The molecule has 1 N–H and O–H groups in total. The number of phenolic OH excluding ortho intramolecular Hbond substituents is 1. The van der Waals surface area contributed by atoms with E-state index in [1.165, 1.54) is 47.9 Å². The van der Waals surface area contributed by atoms with Gasteiger partial charge in [-0.15, -0.1) is 0 Å². The van der Waals surface area contributed by atoms with Crippen LogP contribution in [0.1, 0.15) is 24.0 Å². The van der Waals surface area contributed by atoms with Gasteiger partial charge in [0.05, 0.1) is 0 Å². The zero-order valence-corrected chi connectivity index (χ0v) is 9.82. The third kappa shape index (κ3) is 1.93. The first kappa shape index (κ1) is 10.4. The van der Waals surface area contributed by atoms with Crippen molar-refractivity contribution in [1.82, 2.24) is 0 Å². The van der Waals surface area contributed by atoms with Gasteiger partial charge >= 0.3 is 0 Å². The molecule has 0 saturated heterocycles. The summed E-state index contributed by atoms with van der Waals surface area (Å²) >= 11 is 0. The maximum absolute atomic E-state index is 9.34. The molecule has 2 aromatic rings. The lowest BCUT2D eigenvalue weighted by molar-refractivity contribution is 0.475. The molecule has 0 bridgehead atoms. The zero-order valence-electron chi connectivity index (χ0n) is 9.82. The molecule has 0 spiro atoms. The minimum absolute atomic E-state index is 0.332. The smallest absolute Gasteiger partial charge is 0.115 e. The fourth-order valence-electron chi connectivity index (χ4n) is 2.69. The summed E-state index contributed by atoms with van der Waals surface area (Å²) in [6, 6.07) is 14.1. The predicted octanol–water partition coefficient (Wildman–Crippen LogP) is 3.94. The van der Waals surface area contributed by atoms with Crippen molar-refractivity contribution in [1.29, 1.82) is 0 Å². The van der Waals surface area contributed by atoms with Gasteiger partial charge in [0.15, 0.2) is 0 Å². The molecule has 0 fully saturated rings. The first-order valence-electron chi connectivity index (χ1n) is 6.25. The van der Waals surface area contributed by atoms with Gasteiger partial charge < -0.3 is 5.11 Å². The van der Waals surface area contributed by atoms with Crippen LogP contribution in [-0.2, 0) is 12.8 Å². The Balaban J connectivity index is 2.11. The second-order valence-electron chi connectivity index (χ2n) is 4.70. The van der Waals surface area contributed by atoms with Gasteiger partial charge in [0.1, 0.15) is 5.75 Å². The third-order valence-corrected chi connectivity index (χ3v) is 3.57. The van der Waals surface area contributed by atoms with Gasteiger partial charge in [0.25, 0.3) is 0 Å². The minimum atomic E-state index is 0.332. The van der Waals surface area contributed by atoms with Gasteiger partial charge in [-0.25, -0.2) is 0 Å². The first-order valence-corrected chi connectivity index (χ1v) is 6.25. The Morgan fingerprint density at radius 2 is 1.59 bits per heavy atom. The number of aromatic hydroxyl groups is 1. The number of hydrogen-bond acceptors (Lipinski definition) is 1. The number of hydrogen-bond donors (Lipinski definition) is 1. The van der Waals surface area contributed by atoms with Crippen molar-refractivity contribution in [3.05, 3.63) is 53.6 Å². The Hall–Kier alpha value is -1.76. The molecule has 3 rings (SSSR count). The molecule has 0 heterocycles. The van der Waals surface area contributed by atoms with E-state index >= 15 is 0 Å². The Morgan fingerprint density at radius 3 is 2.41 bits per heavy atom. The van der Waals surface area contributed by atoms with Gasteiger partial charge in [-0.05, 0) is 60.1 Å². The summed E-state index contributed by atoms with van der Waals surface area (Å²) in [4.78, 5) is 0. The average molecular weight is 224 g/mol. The van der Waals surface area contributed by atoms with Gasteiger partial charge in [-0.2, -0.15) is 0 Å². The Labute approximate surface area is 102 Å². The van der Waals surface area contributed by atoms with Crippen molar-refractivity contribution in [2.75, 3.05) is 0 Å². The predicted molar refractivity (Wildman–Crippen MR) is 70.2 cm³/mol. The largest absolute Gasteiger partial charge is 0.508 e. The van der Waals surface area contributed by atoms with E-state index in [2.05, 4.69) is 18.2 Å². The van der Waals surface area contributed by atoms with E-state index in [1.54, 1.807) is 12.1 Å². The standard InChI is InChI=1S/C16H16O/c17-14-10-8-13(9-11-14)16-7-3-5-12-4-1-2-6-15(12)16/h3,5,7-11,17H,1-2,4,6H2. The van der Waals surface area contributed by atoms with Crippen LogP contribution >= 0.6 is 0 Å². The average Bonchev–Trinajstić information content (AvgIpc) is 2.39. The van der Waals surface area contributed by atoms with Crippen LogP contribution in [0.15, 0.2) is 42.5 Å². The van der Waals surface area contributed by atoms with Crippen molar-refractivity contribution in [2.45, 2.75) is 25.7 Å². The second-order valence-corrected chi connectivity index (χ2v) is 4.70. The molecule has 86 valence electrons. The van der Waals surface area contributed by atoms with Crippen molar-refractivity contribution >= 4 is 0 Å². The molecule has 1 aliphatic rings. The summed E-state index contributed by atoms with van der Waals surface area (Å²) in [5.74, 6) is 0.332. The van der Waals surface area contributed by atoms with Crippen LogP contribution in [0.3, 0.4) is 0 Å². The summed E-state index contributed by atoms with van der Waals surface area (Å²) in [6.45, 7) is 0. The molecule has 1 aliphatic carbocycles. The number of aryl methyl sites for hydroxylation is 1. The van der Waals surface area contributed by atoms with E-state index in [9.17, 15) is 5.11 Å². The van der Waals surface area contributed by atoms with Crippen molar-refractivity contribution < 1.29 is 5.11 Å². The van der Waals surface area contributed by atoms with Crippen LogP contribution in [0.2, 0.25) is 0 Å². The van der Waals surface area contributed by atoms with Crippen molar-refractivity contribution in [2.24, 2.45) is 0 Å². The van der Waals surface area contributed by atoms with Crippen molar-refractivity contribution in [3.8, 4) is 16.9 Å². The topological polar surface area (TPSA) is 20.2 Å². The quantitative estimate of drug-likeness (QED) is 0.778. The lowest BCUT2D eigenvalue weighted by atomic mass is 9.86. The van der Waals surface area contributed by atoms with E-state index < -0.39 is 0 Å². The van der Waals surface area contributed by atoms with E-state index in [4.69, 9.17) is 0 Å². The molecule has 17 heavy (non-hydrogen) atoms. The van der Waals surface area contributed by atoms with Gasteiger partial charge in [0.2, 0.25) is 0 Å². The highest BCUT2D eigenvalue weighted by molar-refractivity contribution is 5.69. The summed E-state index contributed by atoms with van der Waals surface area (Å²) in [6.07, 6.45) is 5.00. The summed E-state index contributed by atoms with van der Waals surface area (Å²) in [5.41, 5.74) is 5.55. The molecule has 0 radical (unpaired) electrons. The highest BCUT2D eigenvalue weighted by Gasteiger charge is 2.13. The highest BCUT2D eigenvalue weighted by atomic mass is 16.3. The molecule has 0 unspecified atom stereocenters. The lowest BCUT2D eigenvalue weighted by Gasteiger charge is -2.19. The molecule has 0 aromatic heterocycles. The zero-order chi connectivity index (χ0) is 11.7. The molecular weight excluding hydrogens is 208 g/mol. The summed E-state index contributed by atoms with van der Waals surface area (Å²) in [5, 5.41) is 9.34. The number of fused-ring (bicyclic) bond motifs is 1. The molecule has 0 amide bonds. The number of benzene rings is 2. The van der Waals surface area contributed by atoms with Crippen LogP contribution in [-0.4, -0.2) is 5.11 Å². The third-order valence-electron chi connectivity index (χ3n) is 3.57. The Bertz CT molecular complexity index is 526. The van der Waals surface area contributed by atoms with Crippen LogP contribution < -0.4 is 0 Å². The second kappa shape index (κ2) is 4.25. The summed E-state index contributed by atoms with van der Waals surface area (Å²) < 4.78 is 0. The van der Waals surface area contributed by atoms with Gasteiger partial charge in [0, 0.05) is 0 Å². The molecule has 2 aromatic carbocycles. The van der Waals surface area contributed by atoms with Gasteiger partial charge in [-0.3, -0.25) is 0 Å². The van der Waals surface area contributed by atoms with E-state index in [0.29, 0.717) is 5.75 Å². The lowest BCUT2D eigenvalue weighted by Crippen LogP contribution is -2.04. The molecule has 0 saturated carbocycles. The highest BCUT2D eigenvalue weighted by Crippen LogP contribution is 2.32. The minimum Gasteiger partial charge on any atom is -0.508 e.